The second-order valence-electron chi connectivity index (χ2n) is 7.19. The normalized spacial score (nSPS) is 23.6. The summed E-state index contributed by atoms with van der Waals surface area (Å²) in [6, 6.07) is 0.161. The van der Waals surface area contributed by atoms with Crippen molar-refractivity contribution in [2.75, 3.05) is 6.54 Å². The van der Waals surface area contributed by atoms with Gasteiger partial charge in [-0.1, -0.05) is 0 Å². The molecule has 0 aromatic carbocycles. The van der Waals surface area contributed by atoms with Crippen molar-refractivity contribution in [3.63, 3.8) is 0 Å². The molecule has 2 fully saturated rings. The van der Waals surface area contributed by atoms with E-state index in [4.69, 9.17) is 0 Å². The SMILES string of the molecule is CC(=O)N[C@@](C)(C(=O)N1CCC[C@@H]1Cn1cc(C)cn1)C1CC1. The highest BCUT2D eigenvalue weighted by Gasteiger charge is 2.51. The van der Waals surface area contributed by atoms with Gasteiger partial charge in [0.05, 0.1) is 18.8 Å². The van der Waals surface area contributed by atoms with Crippen LogP contribution in [0.4, 0.5) is 0 Å². The molecule has 1 aliphatic carbocycles. The predicted molar refractivity (Wildman–Crippen MR) is 86.6 cm³/mol. The summed E-state index contributed by atoms with van der Waals surface area (Å²) in [5.41, 5.74) is 0.371. The molecule has 6 heteroatoms. The largest absolute Gasteiger partial charge is 0.342 e. The van der Waals surface area contributed by atoms with Crippen LogP contribution >= 0.6 is 0 Å². The highest BCUT2D eigenvalue weighted by atomic mass is 16.2. The summed E-state index contributed by atoms with van der Waals surface area (Å²) in [5.74, 6) is 0.208. The molecule has 0 unspecified atom stereocenters. The predicted octanol–water partition coefficient (Wildman–Crippen LogP) is 1.49. The maximum atomic E-state index is 13.2. The zero-order chi connectivity index (χ0) is 16.6. The lowest BCUT2D eigenvalue weighted by Crippen LogP contribution is -2.60. The topological polar surface area (TPSA) is 67.2 Å². The van der Waals surface area contributed by atoms with Crippen LogP contribution in [-0.2, 0) is 16.1 Å². The molecule has 23 heavy (non-hydrogen) atoms. The molecule has 2 amide bonds. The van der Waals surface area contributed by atoms with Gasteiger partial charge in [-0.25, -0.2) is 0 Å². The van der Waals surface area contributed by atoms with E-state index in [0.29, 0.717) is 0 Å². The van der Waals surface area contributed by atoms with Crippen LogP contribution in [0.15, 0.2) is 12.4 Å². The van der Waals surface area contributed by atoms with E-state index in [1.54, 1.807) is 0 Å². The van der Waals surface area contributed by atoms with E-state index in [-0.39, 0.29) is 23.8 Å². The minimum atomic E-state index is -0.755. The van der Waals surface area contributed by atoms with Gasteiger partial charge in [0.1, 0.15) is 5.54 Å². The smallest absolute Gasteiger partial charge is 0.248 e. The summed E-state index contributed by atoms with van der Waals surface area (Å²) in [4.78, 5) is 26.7. The summed E-state index contributed by atoms with van der Waals surface area (Å²) in [5, 5.41) is 7.27. The summed E-state index contributed by atoms with van der Waals surface area (Å²) in [7, 11) is 0. The first kappa shape index (κ1) is 16.0. The van der Waals surface area contributed by atoms with Crippen LogP contribution in [0.5, 0.6) is 0 Å². The van der Waals surface area contributed by atoms with Crippen molar-refractivity contribution in [3.05, 3.63) is 18.0 Å². The fourth-order valence-electron chi connectivity index (χ4n) is 3.73. The molecule has 1 saturated carbocycles. The molecule has 2 atom stereocenters. The molecule has 6 nitrogen and oxygen atoms in total. The van der Waals surface area contributed by atoms with E-state index in [1.807, 2.05) is 35.8 Å². The second kappa shape index (κ2) is 5.98. The van der Waals surface area contributed by atoms with E-state index in [0.717, 1.165) is 44.3 Å². The van der Waals surface area contributed by atoms with Gasteiger partial charge in [0.2, 0.25) is 11.8 Å². The first-order valence-corrected chi connectivity index (χ1v) is 8.49. The Morgan fingerprint density at radius 1 is 1.39 bits per heavy atom. The van der Waals surface area contributed by atoms with Crippen LogP contribution in [-0.4, -0.2) is 44.6 Å². The fourth-order valence-corrected chi connectivity index (χ4v) is 3.73. The van der Waals surface area contributed by atoms with Crippen molar-refractivity contribution in [1.29, 1.82) is 0 Å². The molecule has 2 heterocycles. The van der Waals surface area contributed by atoms with E-state index >= 15 is 0 Å². The lowest BCUT2D eigenvalue weighted by Gasteiger charge is -2.36. The van der Waals surface area contributed by atoms with Crippen molar-refractivity contribution < 1.29 is 9.59 Å². The Hall–Kier alpha value is -1.85. The Kier molecular flexibility index (Phi) is 4.17. The number of carbonyl (C=O) groups is 2. The van der Waals surface area contributed by atoms with Crippen molar-refractivity contribution in [2.24, 2.45) is 5.92 Å². The second-order valence-corrected chi connectivity index (χ2v) is 7.19. The lowest BCUT2D eigenvalue weighted by atomic mass is 9.93. The average Bonchev–Trinajstić information content (AvgIpc) is 3.13. The molecule has 0 bridgehead atoms. The molecule has 3 rings (SSSR count). The number of rotatable bonds is 5. The first-order valence-electron chi connectivity index (χ1n) is 8.49. The number of carbonyl (C=O) groups excluding carboxylic acids is 2. The van der Waals surface area contributed by atoms with Gasteiger partial charge >= 0.3 is 0 Å². The number of nitrogens with zero attached hydrogens (tertiary/aromatic N) is 3. The van der Waals surface area contributed by atoms with Crippen molar-refractivity contribution >= 4 is 11.8 Å². The standard InChI is InChI=1S/C17H26N4O2/c1-12-9-18-20(10-12)11-15-5-4-8-21(15)16(23)17(3,14-6-7-14)19-13(2)22/h9-10,14-15H,4-8,11H2,1-3H3,(H,19,22)/t15-,17-/m1/s1. The van der Waals surface area contributed by atoms with Gasteiger partial charge in [0.15, 0.2) is 0 Å². The molecule has 2 aliphatic rings. The van der Waals surface area contributed by atoms with Crippen LogP contribution in [0.2, 0.25) is 0 Å². The number of aryl methyl sites for hydroxylation is 1. The van der Waals surface area contributed by atoms with Crippen LogP contribution in [0.25, 0.3) is 0 Å². The average molecular weight is 318 g/mol. The molecule has 1 aromatic heterocycles. The first-order chi connectivity index (χ1) is 10.9. The van der Waals surface area contributed by atoms with Gasteiger partial charge in [0.25, 0.3) is 0 Å². The Labute approximate surface area is 137 Å². The Morgan fingerprint density at radius 2 is 2.13 bits per heavy atom. The maximum Gasteiger partial charge on any atom is 0.248 e. The van der Waals surface area contributed by atoms with Crippen LogP contribution in [0.1, 0.15) is 45.1 Å². The van der Waals surface area contributed by atoms with E-state index in [2.05, 4.69) is 10.4 Å². The van der Waals surface area contributed by atoms with Gasteiger partial charge in [-0.05, 0) is 51.0 Å². The number of amides is 2. The van der Waals surface area contributed by atoms with Crippen molar-refractivity contribution in [2.45, 2.75) is 64.6 Å². The highest BCUT2D eigenvalue weighted by Crippen LogP contribution is 2.41. The molecule has 1 N–H and O–H groups in total. The minimum Gasteiger partial charge on any atom is -0.342 e. The van der Waals surface area contributed by atoms with E-state index in [9.17, 15) is 9.59 Å². The molecule has 0 spiro atoms. The molecular weight excluding hydrogens is 292 g/mol. The van der Waals surface area contributed by atoms with Gasteiger partial charge in [0, 0.05) is 19.7 Å². The van der Waals surface area contributed by atoms with Crippen LogP contribution in [0.3, 0.4) is 0 Å². The number of nitrogens with one attached hydrogen (secondary N) is 1. The van der Waals surface area contributed by atoms with Gasteiger partial charge in [-0.15, -0.1) is 0 Å². The Bertz CT molecular complexity index is 607. The van der Waals surface area contributed by atoms with Crippen molar-refractivity contribution in [3.8, 4) is 0 Å². The monoisotopic (exact) mass is 318 g/mol. The molecule has 1 saturated heterocycles. The summed E-state index contributed by atoms with van der Waals surface area (Å²) in [6.45, 7) is 6.89. The number of hydrogen-bond donors (Lipinski definition) is 1. The quantitative estimate of drug-likeness (QED) is 0.894. The van der Waals surface area contributed by atoms with Gasteiger partial charge in [-0.2, -0.15) is 5.10 Å². The van der Waals surface area contributed by atoms with E-state index < -0.39 is 5.54 Å². The number of likely N-dealkylation sites (tertiary alicyclic amines) is 1. The lowest BCUT2D eigenvalue weighted by molar-refractivity contribution is -0.142. The summed E-state index contributed by atoms with van der Waals surface area (Å²) in [6.07, 6.45) is 7.88. The fraction of sp³-hybridized carbons (Fsp3) is 0.706. The third-order valence-corrected chi connectivity index (χ3v) is 5.07. The molecule has 1 aromatic rings. The third-order valence-electron chi connectivity index (χ3n) is 5.07. The van der Waals surface area contributed by atoms with E-state index in [1.165, 1.54) is 6.92 Å². The Morgan fingerprint density at radius 3 is 2.70 bits per heavy atom. The zero-order valence-electron chi connectivity index (χ0n) is 14.2. The molecule has 1 aliphatic heterocycles. The van der Waals surface area contributed by atoms with Crippen molar-refractivity contribution in [1.82, 2.24) is 20.0 Å². The summed E-state index contributed by atoms with van der Waals surface area (Å²) < 4.78 is 1.92. The zero-order valence-corrected chi connectivity index (χ0v) is 14.2. The van der Waals surface area contributed by atoms with Crippen LogP contribution in [0, 0.1) is 12.8 Å². The third kappa shape index (κ3) is 3.26. The minimum absolute atomic E-state index is 0.0709. The number of aromatic nitrogens is 2. The van der Waals surface area contributed by atoms with Gasteiger partial charge in [-0.3, -0.25) is 14.3 Å². The Balaban J connectivity index is 1.75. The highest BCUT2D eigenvalue weighted by molar-refractivity contribution is 5.91. The molecular formula is C17H26N4O2. The summed E-state index contributed by atoms with van der Waals surface area (Å²) >= 11 is 0. The number of hydrogen-bond acceptors (Lipinski definition) is 3. The van der Waals surface area contributed by atoms with Gasteiger partial charge < -0.3 is 10.2 Å². The van der Waals surface area contributed by atoms with Crippen LogP contribution < -0.4 is 5.32 Å². The molecule has 0 radical (unpaired) electrons. The maximum absolute atomic E-state index is 13.2. The molecule has 126 valence electrons.